The molecule has 132 valence electrons. The van der Waals surface area contributed by atoms with Crippen LogP contribution >= 0.6 is 0 Å². The van der Waals surface area contributed by atoms with Crippen molar-refractivity contribution in [2.45, 2.75) is 18.9 Å². The predicted molar refractivity (Wildman–Crippen MR) is 94.9 cm³/mol. The number of halogens is 1. The van der Waals surface area contributed by atoms with Gasteiger partial charge in [0.1, 0.15) is 0 Å². The molecule has 3 rings (SSSR count). The van der Waals surface area contributed by atoms with E-state index < -0.39 is 5.82 Å². The van der Waals surface area contributed by atoms with Gasteiger partial charge in [0.15, 0.2) is 18.2 Å². The Morgan fingerprint density at radius 2 is 1.76 bits per heavy atom. The molecular formula is C20H23FN2O2. The maximum atomic E-state index is 13.6. The molecule has 2 aromatic rings. The monoisotopic (exact) mass is 342 g/mol. The van der Waals surface area contributed by atoms with Crippen LogP contribution in [0.15, 0.2) is 54.6 Å². The molecule has 1 aliphatic heterocycles. The normalized spacial score (nSPS) is 15.7. The number of rotatable bonds is 7. The van der Waals surface area contributed by atoms with Gasteiger partial charge in [0, 0.05) is 6.54 Å². The van der Waals surface area contributed by atoms with Gasteiger partial charge >= 0.3 is 0 Å². The molecule has 1 amide bonds. The summed E-state index contributed by atoms with van der Waals surface area (Å²) in [4.78, 5) is 14.7. The lowest BCUT2D eigenvalue weighted by Gasteiger charge is -2.25. The van der Waals surface area contributed by atoms with Gasteiger partial charge in [-0.3, -0.25) is 4.79 Å². The summed E-state index contributed by atoms with van der Waals surface area (Å²) in [6, 6.07) is 15.9. The summed E-state index contributed by atoms with van der Waals surface area (Å²) in [6.45, 7) is 2.69. The van der Waals surface area contributed by atoms with Crippen LogP contribution in [0.25, 0.3) is 0 Å². The molecule has 1 saturated heterocycles. The van der Waals surface area contributed by atoms with E-state index in [2.05, 4.69) is 10.2 Å². The second-order valence-corrected chi connectivity index (χ2v) is 6.26. The molecule has 0 bridgehead atoms. The Morgan fingerprint density at radius 3 is 2.48 bits per heavy atom. The van der Waals surface area contributed by atoms with Crippen molar-refractivity contribution in [3.63, 3.8) is 0 Å². The molecule has 4 nitrogen and oxygen atoms in total. The Hall–Kier alpha value is -2.40. The number of para-hydroxylation sites is 1. The van der Waals surface area contributed by atoms with Crippen molar-refractivity contribution >= 4 is 5.91 Å². The van der Waals surface area contributed by atoms with E-state index in [9.17, 15) is 9.18 Å². The molecule has 0 aliphatic carbocycles. The van der Waals surface area contributed by atoms with Crippen LogP contribution in [0.2, 0.25) is 0 Å². The van der Waals surface area contributed by atoms with Crippen LogP contribution < -0.4 is 10.1 Å². The topological polar surface area (TPSA) is 41.6 Å². The molecule has 1 fully saturated rings. The summed E-state index contributed by atoms with van der Waals surface area (Å²) >= 11 is 0. The second-order valence-electron chi connectivity index (χ2n) is 6.26. The van der Waals surface area contributed by atoms with Gasteiger partial charge in [0.05, 0.1) is 6.04 Å². The number of hydrogen-bond acceptors (Lipinski definition) is 3. The van der Waals surface area contributed by atoms with Crippen LogP contribution in [0, 0.1) is 5.82 Å². The van der Waals surface area contributed by atoms with Crippen molar-refractivity contribution in [2.75, 3.05) is 26.2 Å². The number of hydrogen-bond donors (Lipinski definition) is 1. The number of carbonyl (C=O) groups excluding carboxylic acids is 1. The van der Waals surface area contributed by atoms with Crippen molar-refractivity contribution < 1.29 is 13.9 Å². The standard InChI is InChI=1S/C20H23FN2O2/c21-17-10-4-5-11-19(17)25-15-20(24)22-18(14-23-12-6-7-13-23)16-8-2-1-3-9-16/h1-5,8-11,18H,6-7,12-15H2,(H,22,24). The average Bonchev–Trinajstić information content (AvgIpc) is 3.14. The molecule has 0 aromatic heterocycles. The number of carbonyl (C=O) groups is 1. The van der Waals surface area contributed by atoms with Crippen molar-refractivity contribution in [3.05, 3.63) is 66.0 Å². The maximum absolute atomic E-state index is 13.6. The van der Waals surface area contributed by atoms with Crippen molar-refractivity contribution in [1.29, 1.82) is 0 Å². The van der Waals surface area contributed by atoms with Gasteiger partial charge in [0.25, 0.3) is 5.91 Å². The molecule has 0 saturated carbocycles. The molecule has 5 heteroatoms. The molecule has 1 unspecified atom stereocenters. The van der Waals surface area contributed by atoms with E-state index in [0.717, 1.165) is 25.2 Å². The number of likely N-dealkylation sites (tertiary alicyclic amines) is 1. The number of amides is 1. The number of benzene rings is 2. The number of ether oxygens (including phenoxy) is 1. The predicted octanol–water partition coefficient (Wildman–Crippen LogP) is 3.16. The lowest BCUT2D eigenvalue weighted by atomic mass is 10.1. The minimum atomic E-state index is -0.466. The highest BCUT2D eigenvalue weighted by Crippen LogP contribution is 2.18. The van der Waals surface area contributed by atoms with E-state index >= 15 is 0 Å². The van der Waals surface area contributed by atoms with Gasteiger partial charge in [-0.2, -0.15) is 0 Å². The summed E-state index contributed by atoms with van der Waals surface area (Å²) in [6.07, 6.45) is 2.40. The van der Waals surface area contributed by atoms with Gasteiger partial charge in [0.2, 0.25) is 0 Å². The summed E-state index contributed by atoms with van der Waals surface area (Å²) in [5.74, 6) is -0.628. The van der Waals surface area contributed by atoms with Gasteiger partial charge in [-0.1, -0.05) is 42.5 Å². The summed E-state index contributed by atoms with van der Waals surface area (Å²) in [7, 11) is 0. The van der Waals surface area contributed by atoms with Crippen LogP contribution in [0.4, 0.5) is 4.39 Å². The zero-order valence-corrected chi connectivity index (χ0v) is 14.2. The van der Waals surface area contributed by atoms with E-state index in [0.29, 0.717) is 0 Å². The summed E-state index contributed by atoms with van der Waals surface area (Å²) in [5.41, 5.74) is 1.06. The highest BCUT2D eigenvalue weighted by Gasteiger charge is 2.21. The molecule has 2 aromatic carbocycles. The first kappa shape index (κ1) is 17.4. The van der Waals surface area contributed by atoms with Crippen molar-refractivity contribution in [3.8, 4) is 5.75 Å². The highest BCUT2D eigenvalue weighted by atomic mass is 19.1. The summed E-state index contributed by atoms with van der Waals surface area (Å²) in [5, 5.41) is 3.02. The molecule has 1 N–H and O–H groups in total. The smallest absolute Gasteiger partial charge is 0.258 e. The lowest BCUT2D eigenvalue weighted by molar-refractivity contribution is -0.124. The Morgan fingerprint density at radius 1 is 1.08 bits per heavy atom. The Kier molecular flexibility index (Phi) is 6.01. The maximum Gasteiger partial charge on any atom is 0.258 e. The fourth-order valence-corrected chi connectivity index (χ4v) is 3.08. The van der Waals surface area contributed by atoms with E-state index in [1.807, 2.05) is 30.3 Å². The van der Waals surface area contributed by atoms with Gasteiger partial charge in [-0.25, -0.2) is 4.39 Å². The Balaban J connectivity index is 1.60. The average molecular weight is 342 g/mol. The Labute approximate surface area is 147 Å². The number of nitrogens with zero attached hydrogens (tertiary/aromatic N) is 1. The third kappa shape index (κ3) is 5.03. The minimum absolute atomic E-state index is 0.0912. The molecule has 1 aliphatic rings. The van der Waals surface area contributed by atoms with Gasteiger partial charge in [-0.15, -0.1) is 0 Å². The van der Waals surface area contributed by atoms with E-state index in [4.69, 9.17) is 4.74 Å². The lowest BCUT2D eigenvalue weighted by Crippen LogP contribution is -2.39. The van der Waals surface area contributed by atoms with E-state index in [1.165, 1.54) is 25.0 Å². The molecule has 25 heavy (non-hydrogen) atoms. The van der Waals surface area contributed by atoms with Crippen molar-refractivity contribution in [1.82, 2.24) is 10.2 Å². The third-order valence-electron chi connectivity index (χ3n) is 4.37. The quantitative estimate of drug-likeness (QED) is 0.840. The molecule has 1 heterocycles. The van der Waals surface area contributed by atoms with Gasteiger partial charge in [-0.05, 0) is 43.6 Å². The number of nitrogens with one attached hydrogen (secondary N) is 1. The van der Waals surface area contributed by atoms with E-state index in [-0.39, 0.29) is 24.3 Å². The molecule has 0 radical (unpaired) electrons. The van der Waals surface area contributed by atoms with Crippen LogP contribution in [-0.4, -0.2) is 37.0 Å². The van der Waals surface area contributed by atoms with Crippen LogP contribution in [0.3, 0.4) is 0 Å². The minimum Gasteiger partial charge on any atom is -0.481 e. The first-order valence-corrected chi connectivity index (χ1v) is 8.66. The molecule has 0 spiro atoms. The molecule has 1 atom stereocenters. The van der Waals surface area contributed by atoms with E-state index in [1.54, 1.807) is 12.1 Å². The SMILES string of the molecule is O=C(COc1ccccc1F)NC(CN1CCCC1)c1ccccc1. The molecular weight excluding hydrogens is 319 g/mol. The van der Waals surface area contributed by atoms with Crippen LogP contribution in [0.1, 0.15) is 24.4 Å². The first-order chi connectivity index (χ1) is 12.2. The van der Waals surface area contributed by atoms with Crippen LogP contribution in [-0.2, 0) is 4.79 Å². The fourth-order valence-electron chi connectivity index (χ4n) is 3.08. The zero-order valence-electron chi connectivity index (χ0n) is 14.2. The van der Waals surface area contributed by atoms with Crippen molar-refractivity contribution in [2.24, 2.45) is 0 Å². The largest absolute Gasteiger partial charge is 0.481 e. The highest BCUT2D eigenvalue weighted by molar-refractivity contribution is 5.78. The zero-order chi connectivity index (χ0) is 17.5. The first-order valence-electron chi connectivity index (χ1n) is 8.66. The second kappa shape index (κ2) is 8.62. The summed E-state index contributed by atoms with van der Waals surface area (Å²) < 4.78 is 18.9. The Bertz CT molecular complexity index is 687. The fraction of sp³-hybridized carbons (Fsp3) is 0.350. The van der Waals surface area contributed by atoms with Gasteiger partial charge < -0.3 is 15.0 Å². The van der Waals surface area contributed by atoms with Crippen LogP contribution in [0.5, 0.6) is 5.75 Å². The third-order valence-corrected chi connectivity index (χ3v) is 4.37.